The third-order valence-electron chi connectivity index (χ3n) is 3.99. The number of hydrogen-bond acceptors (Lipinski definition) is 7. The molecule has 0 aromatic heterocycles. The fourth-order valence-corrected chi connectivity index (χ4v) is 3.35. The molecule has 1 aromatic carbocycles. The van der Waals surface area contributed by atoms with Gasteiger partial charge in [0.25, 0.3) is 0 Å². The van der Waals surface area contributed by atoms with Crippen LogP contribution < -0.4 is 20.1 Å². The minimum Gasteiger partial charge on any atom is -0.493 e. The van der Waals surface area contributed by atoms with E-state index in [9.17, 15) is 9.59 Å². The molecule has 1 aliphatic rings. The van der Waals surface area contributed by atoms with E-state index in [1.54, 1.807) is 32.9 Å². The highest BCUT2D eigenvalue weighted by Gasteiger charge is 2.32. The molecule has 2 N–H and O–H groups in total. The number of esters is 2. The molecule has 0 unspecified atom stereocenters. The van der Waals surface area contributed by atoms with Gasteiger partial charge < -0.3 is 29.6 Å². The molecule has 0 spiro atoms. The van der Waals surface area contributed by atoms with Gasteiger partial charge in [0.2, 0.25) is 0 Å². The van der Waals surface area contributed by atoms with Gasteiger partial charge in [0.1, 0.15) is 0 Å². The summed E-state index contributed by atoms with van der Waals surface area (Å²) < 4.78 is 20.9. The van der Waals surface area contributed by atoms with Crippen molar-refractivity contribution in [3.63, 3.8) is 0 Å². The van der Waals surface area contributed by atoms with Gasteiger partial charge in [-0.25, -0.2) is 9.59 Å². The van der Waals surface area contributed by atoms with E-state index in [4.69, 9.17) is 42.8 Å². The minimum atomic E-state index is -0.603. The van der Waals surface area contributed by atoms with Crippen LogP contribution in [0.4, 0.5) is 0 Å². The fourth-order valence-electron chi connectivity index (χ4n) is 2.80. The molecule has 2 rings (SSSR count). The van der Waals surface area contributed by atoms with Crippen LogP contribution in [0.5, 0.6) is 11.5 Å². The molecule has 0 saturated carbocycles. The summed E-state index contributed by atoms with van der Waals surface area (Å²) in [5.41, 5.74) is 1.57. The monoisotopic (exact) mass is 442 g/mol. The second-order valence-electron chi connectivity index (χ2n) is 5.92. The maximum atomic E-state index is 12.5. The molecule has 1 heterocycles. The van der Waals surface area contributed by atoms with Crippen LogP contribution in [0.15, 0.2) is 23.4 Å². The summed E-state index contributed by atoms with van der Waals surface area (Å²) in [6.45, 7) is 5.33. The molecule has 0 radical (unpaired) electrons. The Morgan fingerprint density at radius 3 is 2.52 bits per heavy atom. The van der Waals surface area contributed by atoms with Gasteiger partial charge in [0, 0.05) is 5.70 Å². The smallest absolute Gasteiger partial charge is 0.344 e. The first kappa shape index (κ1) is 22.8. The van der Waals surface area contributed by atoms with Crippen molar-refractivity contribution < 1.29 is 28.5 Å². The predicted molar refractivity (Wildman–Crippen MR) is 111 cm³/mol. The van der Waals surface area contributed by atoms with Crippen molar-refractivity contribution in [2.75, 3.05) is 26.9 Å². The number of carbonyl (C=O) groups excluding carboxylic acids is 2. The predicted octanol–water partition coefficient (Wildman–Crippen LogP) is 2.65. The number of thiocarbonyl (C=S) groups is 1. The molecular weight excluding hydrogens is 420 g/mol. The van der Waals surface area contributed by atoms with E-state index in [-0.39, 0.29) is 30.6 Å². The molecule has 8 nitrogen and oxygen atoms in total. The Bertz CT molecular complexity index is 842. The van der Waals surface area contributed by atoms with E-state index >= 15 is 0 Å². The molecule has 0 fully saturated rings. The maximum Gasteiger partial charge on any atom is 0.344 e. The molecule has 1 atom stereocenters. The van der Waals surface area contributed by atoms with E-state index in [2.05, 4.69) is 10.6 Å². The Morgan fingerprint density at radius 2 is 1.90 bits per heavy atom. The van der Waals surface area contributed by atoms with Crippen molar-refractivity contribution in [3.8, 4) is 11.5 Å². The SMILES string of the molecule is CCOC(=O)COc1c(Cl)cc([C@H]2NC(=S)NC(C)=C2C(=O)OCC)cc1OC. The Morgan fingerprint density at radius 1 is 1.21 bits per heavy atom. The third-order valence-corrected chi connectivity index (χ3v) is 4.49. The Kier molecular flexibility index (Phi) is 8.10. The highest BCUT2D eigenvalue weighted by molar-refractivity contribution is 7.80. The van der Waals surface area contributed by atoms with Crippen LogP contribution >= 0.6 is 23.8 Å². The van der Waals surface area contributed by atoms with Gasteiger partial charge in [-0.1, -0.05) is 11.6 Å². The molecule has 1 aromatic rings. The molecule has 0 amide bonds. The van der Waals surface area contributed by atoms with E-state index in [1.165, 1.54) is 7.11 Å². The van der Waals surface area contributed by atoms with Crippen molar-refractivity contribution in [2.24, 2.45) is 0 Å². The van der Waals surface area contributed by atoms with Gasteiger partial charge in [-0.15, -0.1) is 0 Å². The zero-order valence-electron chi connectivity index (χ0n) is 16.6. The summed E-state index contributed by atoms with van der Waals surface area (Å²) in [7, 11) is 1.44. The van der Waals surface area contributed by atoms with Crippen molar-refractivity contribution in [1.29, 1.82) is 0 Å². The highest BCUT2D eigenvalue weighted by Crippen LogP contribution is 2.40. The number of benzene rings is 1. The largest absolute Gasteiger partial charge is 0.493 e. The molecule has 0 aliphatic carbocycles. The first-order valence-electron chi connectivity index (χ1n) is 8.93. The number of halogens is 1. The van der Waals surface area contributed by atoms with E-state index in [0.717, 1.165) is 0 Å². The zero-order valence-corrected chi connectivity index (χ0v) is 18.2. The lowest BCUT2D eigenvalue weighted by molar-refractivity contribution is -0.145. The molecule has 158 valence electrons. The van der Waals surface area contributed by atoms with Crippen molar-refractivity contribution in [1.82, 2.24) is 10.6 Å². The lowest BCUT2D eigenvalue weighted by atomic mass is 9.95. The number of hydrogen-bond donors (Lipinski definition) is 2. The standard InChI is InChI=1S/C19H23ClN2O6S/c1-5-26-14(23)9-28-17-12(20)7-11(8-13(17)25-4)16-15(18(24)27-6-2)10(3)21-19(29)22-16/h7-8,16H,5-6,9H2,1-4H3,(H2,21,22,29)/t16-/m1/s1. The summed E-state index contributed by atoms with van der Waals surface area (Å²) in [5.74, 6) is -0.511. The minimum absolute atomic E-state index is 0.195. The van der Waals surface area contributed by atoms with Gasteiger partial charge in [0.05, 0.1) is 37.0 Å². The molecule has 0 bridgehead atoms. The first-order chi connectivity index (χ1) is 13.8. The lowest BCUT2D eigenvalue weighted by Crippen LogP contribution is -2.45. The maximum absolute atomic E-state index is 12.5. The molecular formula is C19H23ClN2O6S. The molecule has 29 heavy (non-hydrogen) atoms. The average Bonchev–Trinajstić information content (AvgIpc) is 2.66. The summed E-state index contributed by atoms with van der Waals surface area (Å²) in [5, 5.41) is 6.54. The number of carbonyl (C=O) groups is 2. The Balaban J connectivity index is 2.41. The lowest BCUT2D eigenvalue weighted by Gasteiger charge is -2.30. The number of rotatable bonds is 8. The van der Waals surface area contributed by atoms with Crippen LogP contribution in [-0.2, 0) is 19.1 Å². The van der Waals surface area contributed by atoms with Gasteiger partial charge >= 0.3 is 11.9 Å². The van der Waals surface area contributed by atoms with Crippen molar-refractivity contribution >= 4 is 40.9 Å². The van der Waals surface area contributed by atoms with Gasteiger partial charge in [-0.2, -0.15) is 0 Å². The third kappa shape index (κ3) is 5.51. The number of ether oxygens (including phenoxy) is 4. The van der Waals surface area contributed by atoms with Crippen molar-refractivity contribution in [2.45, 2.75) is 26.8 Å². The van der Waals surface area contributed by atoms with Crippen LogP contribution in [-0.4, -0.2) is 44.0 Å². The summed E-state index contributed by atoms with van der Waals surface area (Å²) >= 11 is 11.6. The Labute approximate surface area is 179 Å². The van der Waals surface area contributed by atoms with Crippen molar-refractivity contribution in [3.05, 3.63) is 34.0 Å². The van der Waals surface area contributed by atoms with E-state index in [0.29, 0.717) is 27.7 Å². The second-order valence-corrected chi connectivity index (χ2v) is 6.73. The first-order valence-corrected chi connectivity index (χ1v) is 9.72. The average molecular weight is 443 g/mol. The molecule has 1 aliphatic heterocycles. The zero-order chi connectivity index (χ0) is 21.6. The van der Waals surface area contributed by atoms with Crippen LogP contribution in [0, 0.1) is 0 Å². The van der Waals surface area contributed by atoms with Crippen LogP contribution in [0.1, 0.15) is 32.4 Å². The summed E-state index contributed by atoms with van der Waals surface area (Å²) in [4.78, 5) is 24.1. The van der Waals surface area contributed by atoms with E-state index in [1.807, 2.05) is 0 Å². The quantitative estimate of drug-likeness (QED) is 0.465. The van der Waals surface area contributed by atoms with Gasteiger partial charge in [-0.05, 0) is 50.7 Å². The van der Waals surface area contributed by atoms with E-state index < -0.39 is 18.0 Å². The Hall–Kier alpha value is -2.52. The van der Waals surface area contributed by atoms with Gasteiger partial charge in [0.15, 0.2) is 23.2 Å². The molecule has 0 saturated heterocycles. The van der Waals surface area contributed by atoms with Crippen LogP contribution in [0.3, 0.4) is 0 Å². The van der Waals surface area contributed by atoms with Gasteiger partial charge in [-0.3, -0.25) is 0 Å². The summed E-state index contributed by atoms with van der Waals surface area (Å²) in [6, 6.07) is 2.67. The number of nitrogens with one attached hydrogen (secondary N) is 2. The highest BCUT2D eigenvalue weighted by atomic mass is 35.5. The second kappa shape index (κ2) is 10.3. The number of methoxy groups -OCH3 is 1. The molecule has 10 heteroatoms. The topological polar surface area (TPSA) is 95.1 Å². The summed E-state index contributed by atoms with van der Waals surface area (Å²) in [6.07, 6.45) is 0. The fraction of sp³-hybridized carbons (Fsp3) is 0.421. The van der Waals surface area contributed by atoms with Crippen LogP contribution in [0.25, 0.3) is 0 Å². The van der Waals surface area contributed by atoms with Crippen LogP contribution in [0.2, 0.25) is 5.02 Å². The number of allylic oxidation sites excluding steroid dienone is 1. The normalized spacial score (nSPS) is 15.9.